The van der Waals surface area contributed by atoms with Crippen LogP contribution in [0.15, 0.2) is 22.7 Å². The third-order valence-electron chi connectivity index (χ3n) is 2.79. The SMILES string of the molecule is CC(C)OCCN(C)c1ccc([C@H](C)N)c(Br)c1. The van der Waals surface area contributed by atoms with Crippen molar-refractivity contribution in [3.05, 3.63) is 28.2 Å². The maximum absolute atomic E-state index is 5.89. The lowest BCUT2D eigenvalue weighted by atomic mass is 10.1. The Labute approximate surface area is 118 Å². The zero-order chi connectivity index (χ0) is 13.7. The van der Waals surface area contributed by atoms with Crippen LogP contribution < -0.4 is 10.6 Å². The first-order chi connectivity index (χ1) is 8.41. The minimum absolute atomic E-state index is 0.0444. The summed E-state index contributed by atoms with van der Waals surface area (Å²) < 4.78 is 6.61. The molecule has 0 saturated heterocycles. The van der Waals surface area contributed by atoms with Crippen molar-refractivity contribution in [3.8, 4) is 0 Å². The molecule has 0 radical (unpaired) electrons. The minimum atomic E-state index is 0.0444. The van der Waals surface area contributed by atoms with Crippen molar-refractivity contribution in [3.63, 3.8) is 0 Å². The highest BCUT2D eigenvalue weighted by Crippen LogP contribution is 2.26. The van der Waals surface area contributed by atoms with Crippen LogP contribution in [0.1, 0.15) is 32.4 Å². The fourth-order valence-electron chi connectivity index (χ4n) is 1.68. The molecule has 1 aromatic rings. The van der Waals surface area contributed by atoms with Gasteiger partial charge < -0.3 is 15.4 Å². The average molecular weight is 315 g/mol. The van der Waals surface area contributed by atoms with Gasteiger partial charge in [0.1, 0.15) is 0 Å². The summed E-state index contributed by atoms with van der Waals surface area (Å²) >= 11 is 3.57. The molecule has 0 heterocycles. The van der Waals surface area contributed by atoms with Crippen LogP contribution in [0.25, 0.3) is 0 Å². The molecule has 0 spiro atoms. The van der Waals surface area contributed by atoms with Crippen LogP contribution in [0.4, 0.5) is 5.69 Å². The van der Waals surface area contributed by atoms with E-state index < -0.39 is 0 Å². The molecule has 102 valence electrons. The van der Waals surface area contributed by atoms with Crippen molar-refractivity contribution in [1.29, 1.82) is 0 Å². The zero-order valence-corrected chi connectivity index (χ0v) is 13.2. The first-order valence-electron chi connectivity index (χ1n) is 6.29. The lowest BCUT2D eigenvalue weighted by molar-refractivity contribution is 0.0846. The smallest absolute Gasteiger partial charge is 0.0644 e. The summed E-state index contributed by atoms with van der Waals surface area (Å²) in [5, 5.41) is 0. The highest BCUT2D eigenvalue weighted by atomic mass is 79.9. The van der Waals surface area contributed by atoms with Crippen molar-refractivity contribution >= 4 is 21.6 Å². The molecule has 4 heteroatoms. The van der Waals surface area contributed by atoms with Gasteiger partial charge >= 0.3 is 0 Å². The number of nitrogens with zero attached hydrogens (tertiary/aromatic N) is 1. The number of ether oxygens (including phenoxy) is 1. The van der Waals surface area contributed by atoms with E-state index in [2.05, 4.69) is 46.1 Å². The molecular weight excluding hydrogens is 292 g/mol. The number of hydrogen-bond acceptors (Lipinski definition) is 3. The number of hydrogen-bond donors (Lipinski definition) is 1. The number of halogens is 1. The molecule has 1 rings (SSSR count). The van der Waals surface area contributed by atoms with Crippen molar-refractivity contribution < 1.29 is 4.74 Å². The predicted octanol–water partition coefficient (Wildman–Crippen LogP) is 3.33. The van der Waals surface area contributed by atoms with Gasteiger partial charge in [0.25, 0.3) is 0 Å². The summed E-state index contributed by atoms with van der Waals surface area (Å²) in [6, 6.07) is 6.32. The molecule has 0 aliphatic carbocycles. The monoisotopic (exact) mass is 314 g/mol. The highest BCUT2D eigenvalue weighted by Gasteiger charge is 2.08. The van der Waals surface area contributed by atoms with Crippen LogP contribution in [0.2, 0.25) is 0 Å². The molecule has 0 amide bonds. The van der Waals surface area contributed by atoms with E-state index in [0.717, 1.165) is 23.2 Å². The Hall–Kier alpha value is -0.580. The maximum Gasteiger partial charge on any atom is 0.0644 e. The molecule has 0 saturated carbocycles. The molecule has 2 N–H and O–H groups in total. The molecule has 0 fully saturated rings. The van der Waals surface area contributed by atoms with Gasteiger partial charge in [-0.15, -0.1) is 0 Å². The van der Waals surface area contributed by atoms with E-state index in [1.807, 2.05) is 20.8 Å². The molecule has 0 unspecified atom stereocenters. The molecule has 0 aliphatic rings. The third-order valence-corrected chi connectivity index (χ3v) is 3.48. The maximum atomic E-state index is 5.89. The Morgan fingerprint density at radius 1 is 1.33 bits per heavy atom. The second-order valence-electron chi connectivity index (χ2n) is 4.84. The van der Waals surface area contributed by atoms with E-state index in [0.29, 0.717) is 0 Å². The molecule has 1 aromatic carbocycles. The fourth-order valence-corrected chi connectivity index (χ4v) is 2.40. The highest BCUT2D eigenvalue weighted by molar-refractivity contribution is 9.10. The largest absolute Gasteiger partial charge is 0.377 e. The lowest BCUT2D eigenvalue weighted by Crippen LogP contribution is -2.24. The van der Waals surface area contributed by atoms with E-state index in [9.17, 15) is 0 Å². The fraction of sp³-hybridized carbons (Fsp3) is 0.571. The average Bonchev–Trinajstić information content (AvgIpc) is 2.27. The van der Waals surface area contributed by atoms with E-state index in [4.69, 9.17) is 10.5 Å². The van der Waals surface area contributed by atoms with Crippen LogP contribution in [-0.2, 0) is 4.74 Å². The van der Waals surface area contributed by atoms with Crippen molar-refractivity contribution in [2.24, 2.45) is 5.73 Å². The van der Waals surface area contributed by atoms with Crippen molar-refractivity contribution in [2.75, 3.05) is 25.1 Å². The van der Waals surface area contributed by atoms with Crippen LogP contribution in [-0.4, -0.2) is 26.3 Å². The van der Waals surface area contributed by atoms with Crippen molar-refractivity contribution in [2.45, 2.75) is 32.9 Å². The Bertz CT molecular complexity index is 380. The summed E-state index contributed by atoms with van der Waals surface area (Å²) in [5.41, 5.74) is 8.19. The van der Waals surface area contributed by atoms with E-state index in [1.54, 1.807) is 0 Å². The van der Waals surface area contributed by atoms with Gasteiger partial charge in [0.15, 0.2) is 0 Å². The first-order valence-corrected chi connectivity index (χ1v) is 7.09. The van der Waals surface area contributed by atoms with E-state index in [1.165, 1.54) is 5.69 Å². The molecule has 18 heavy (non-hydrogen) atoms. The van der Waals surface area contributed by atoms with Gasteiger partial charge in [-0.3, -0.25) is 0 Å². The molecule has 0 aromatic heterocycles. The topological polar surface area (TPSA) is 38.5 Å². The predicted molar refractivity (Wildman–Crippen MR) is 81.1 cm³/mol. The second-order valence-corrected chi connectivity index (χ2v) is 5.69. The normalized spacial score (nSPS) is 12.8. The van der Waals surface area contributed by atoms with Gasteiger partial charge in [-0.25, -0.2) is 0 Å². The van der Waals surface area contributed by atoms with Crippen LogP contribution in [0.5, 0.6) is 0 Å². The van der Waals surface area contributed by atoms with Gasteiger partial charge in [-0.05, 0) is 38.5 Å². The zero-order valence-electron chi connectivity index (χ0n) is 11.6. The van der Waals surface area contributed by atoms with E-state index >= 15 is 0 Å². The van der Waals surface area contributed by atoms with Crippen LogP contribution in [0.3, 0.4) is 0 Å². The number of nitrogens with two attached hydrogens (primary N) is 1. The summed E-state index contributed by atoms with van der Waals surface area (Å²) in [6.45, 7) is 7.70. The molecule has 0 bridgehead atoms. The summed E-state index contributed by atoms with van der Waals surface area (Å²) in [5.74, 6) is 0. The number of likely N-dealkylation sites (N-methyl/N-ethyl adjacent to an activating group) is 1. The number of anilines is 1. The third kappa shape index (κ3) is 4.59. The Kier molecular flexibility index (Phi) is 6.12. The van der Waals surface area contributed by atoms with E-state index in [-0.39, 0.29) is 12.1 Å². The second kappa shape index (κ2) is 7.12. The van der Waals surface area contributed by atoms with Gasteiger partial charge in [0, 0.05) is 29.8 Å². The molecule has 0 aliphatic heterocycles. The summed E-state index contributed by atoms with van der Waals surface area (Å²) in [4.78, 5) is 2.18. The Morgan fingerprint density at radius 2 is 2.00 bits per heavy atom. The Balaban J connectivity index is 2.63. The first kappa shape index (κ1) is 15.5. The lowest BCUT2D eigenvalue weighted by Gasteiger charge is -2.21. The molecular formula is C14H23BrN2O. The van der Waals surface area contributed by atoms with Crippen LogP contribution >= 0.6 is 15.9 Å². The quantitative estimate of drug-likeness (QED) is 0.875. The van der Waals surface area contributed by atoms with Crippen LogP contribution in [0, 0.1) is 0 Å². The molecule has 3 nitrogen and oxygen atoms in total. The summed E-state index contributed by atoms with van der Waals surface area (Å²) in [7, 11) is 2.07. The van der Waals surface area contributed by atoms with Crippen molar-refractivity contribution in [1.82, 2.24) is 0 Å². The van der Waals surface area contributed by atoms with Gasteiger partial charge in [0.05, 0.1) is 12.7 Å². The van der Waals surface area contributed by atoms with Gasteiger partial charge in [0.2, 0.25) is 0 Å². The summed E-state index contributed by atoms with van der Waals surface area (Å²) in [6.07, 6.45) is 0.283. The number of rotatable bonds is 6. The number of benzene rings is 1. The van der Waals surface area contributed by atoms with Gasteiger partial charge in [-0.2, -0.15) is 0 Å². The Morgan fingerprint density at radius 3 is 2.50 bits per heavy atom. The standard InChI is InChI=1S/C14H23BrN2O/c1-10(2)18-8-7-17(4)12-5-6-13(11(3)16)14(15)9-12/h5-6,9-11H,7-8,16H2,1-4H3/t11-/m0/s1. The van der Waals surface area contributed by atoms with Gasteiger partial charge in [-0.1, -0.05) is 22.0 Å². The minimum Gasteiger partial charge on any atom is -0.377 e. The molecule has 1 atom stereocenters.